The van der Waals surface area contributed by atoms with Crippen LogP contribution in [0.3, 0.4) is 0 Å². The van der Waals surface area contributed by atoms with Gasteiger partial charge in [-0.2, -0.15) is 0 Å². The Morgan fingerprint density at radius 2 is 1.84 bits per heavy atom. The van der Waals surface area contributed by atoms with E-state index in [0.29, 0.717) is 80.2 Å². The summed E-state index contributed by atoms with van der Waals surface area (Å²) in [5.41, 5.74) is 2.83. The first-order chi connectivity index (χ1) is 21.2. The Morgan fingerprint density at radius 1 is 1.05 bits per heavy atom. The number of carbonyl (C=O) groups excluding carboxylic acids is 2. The van der Waals surface area contributed by atoms with Gasteiger partial charge < -0.3 is 34.9 Å². The fraction of sp³-hybridized carbons (Fsp3) is 0.559. The number of aryl methyl sites for hydroxylation is 1. The summed E-state index contributed by atoms with van der Waals surface area (Å²) in [6.45, 7) is 3.15. The van der Waals surface area contributed by atoms with Gasteiger partial charge in [0.25, 0.3) is 0 Å². The van der Waals surface area contributed by atoms with Gasteiger partial charge >= 0.3 is 0 Å². The molecular weight excluding hydrogens is 562 g/mol. The zero-order valence-electron chi connectivity index (χ0n) is 26.3. The van der Waals surface area contributed by atoms with Crippen LogP contribution in [0.2, 0.25) is 0 Å². The minimum atomic E-state index is -0.608. The minimum absolute atomic E-state index is 0.0957. The van der Waals surface area contributed by atoms with E-state index in [9.17, 15) is 19.5 Å². The van der Waals surface area contributed by atoms with Crippen LogP contribution in [0.25, 0.3) is 11.1 Å². The van der Waals surface area contributed by atoms with Crippen LogP contribution in [0, 0.1) is 5.92 Å². The second-order valence-corrected chi connectivity index (χ2v) is 12.3. The Hall–Kier alpha value is -3.79. The molecular formula is C34H45N3O7. The fourth-order valence-electron chi connectivity index (χ4n) is 7.27. The molecule has 3 atom stereocenters. The lowest BCUT2D eigenvalue weighted by atomic mass is 9.71. The van der Waals surface area contributed by atoms with Gasteiger partial charge in [0, 0.05) is 44.5 Å². The number of hydrogen-bond acceptors (Lipinski definition) is 8. The Morgan fingerprint density at radius 3 is 2.57 bits per heavy atom. The van der Waals surface area contributed by atoms with Gasteiger partial charge in [-0.05, 0) is 73.4 Å². The number of amides is 2. The minimum Gasteiger partial charge on any atom is -0.493 e. The van der Waals surface area contributed by atoms with Gasteiger partial charge in [-0.1, -0.05) is 18.9 Å². The molecule has 5 rings (SSSR count). The van der Waals surface area contributed by atoms with Crippen LogP contribution in [-0.4, -0.2) is 68.4 Å². The topological polar surface area (TPSA) is 126 Å². The number of ether oxygens (including phenoxy) is 3. The first-order valence-electron chi connectivity index (χ1n) is 15.7. The largest absolute Gasteiger partial charge is 0.493 e. The molecule has 10 heteroatoms. The Balaban J connectivity index is 1.36. The van der Waals surface area contributed by atoms with E-state index in [0.717, 1.165) is 42.4 Å². The number of aliphatic hydroxyl groups is 1. The summed E-state index contributed by atoms with van der Waals surface area (Å²) in [7, 11) is 4.70. The molecule has 0 aromatic heterocycles. The molecule has 0 spiro atoms. The fourth-order valence-corrected chi connectivity index (χ4v) is 7.27. The Kier molecular flexibility index (Phi) is 9.68. The van der Waals surface area contributed by atoms with Crippen LogP contribution < -0.4 is 30.3 Å². The smallest absolute Gasteiger partial charge is 0.222 e. The van der Waals surface area contributed by atoms with E-state index in [4.69, 9.17) is 14.2 Å². The molecule has 1 aliphatic heterocycles. The summed E-state index contributed by atoms with van der Waals surface area (Å²) in [6, 6.07) is 6.78. The van der Waals surface area contributed by atoms with Crippen molar-refractivity contribution in [1.82, 2.24) is 10.2 Å². The maximum absolute atomic E-state index is 13.5. The Labute approximate surface area is 259 Å². The predicted octanol–water partition coefficient (Wildman–Crippen LogP) is 4.21. The zero-order chi connectivity index (χ0) is 31.4. The van der Waals surface area contributed by atoms with Crippen molar-refractivity contribution in [2.45, 2.75) is 76.4 Å². The van der Waals surface area contributed by atoms with Gasteiger partial charge in [0.1, 0.15) is 0 Å². The summed E-state index contributed by atoms with van der Waals surface area (Å²) >= 11 is 0. The lowest BCUT2D eigenvalue weighted by Gasteiger charge is -2.47. The normalized spacial score (nSPS) is 22.4. The molecule has 44 heavy (non-hydrogen) atoms. The molecule has 3 N–H and O–H groups in total. The van der Waals surface area contributed by atoms with Crippen molar-refractivity contribution in [1.29, 1.82) is 0 Å². The molecule has 3 aliphatic rings. The highest BCUT2D eigenvalue weighted by Gasteiger charge is 2.43. The van der Waals surface area contributed by atoms with Gasteiger partial charge in [-0.3, -0.25) is 14.4 Å². The van der Waals surface area contributed by atoms with Gasteiger partial charge in [0.2, 0.25) is 23.0 Å². The standard InChI is InChI=1S/C34H45N3O7/c1-21(38)36-26-12-10-22-18-29(42-2)32(43-3)33(44-4)31(22)24-11-13-27(28(39)19-25(24)26)35-16-7-9-30(40)37-17-15-34(41)14-6-5-8-23(34)20-37/h11,13,18-19,23,26,41H,5-10,12,14-17,20H2,1-4H3,(H,35,39)(H,36,38)/t23?,26-,34?/m1/s1. The van der Waals surface area contributed by atoms with Crippen LogP contribution in [0.15, 0.2) is 29.1 Å². The van der Waals surface area contributed by atoms with Crippen molar-refractivity contribution in [2.24, 2.45) is 5.92 Å². The first kappa shape index (κ1) is 31.6. The van der Waals surface area contributed by atoms with Gasteiger partial charge in [-0.25, -0.2) is 0 Å². The monoisotopic (exact) mass is 607 g/mol. The zero-order valence-corrected chi connectivity index (χ0v) is 26.3. The molecule has 10 nitrogen and oxygen atoms in total. The maximum Gasteiger partial charge on any atom is 0.222 e. The summed E-state index contributed by atoms with van der Waals surface area (Å²) < 4.78 is 17.1. The highest BCUT2D eigenvalue weighted by Crippen LogP contribution is 2.50. The lowest BCUT2D eigenvalue weighted by Crippen LogP contribution is -2.54. The molecule has 2 aromatic carbocycles. The molecule has 1 heterocycles. The van der Waals surface area contributed by atoms with E-state index >= 15 is 0 Å². The molecule has 238 valence electrons. The van der Waals surface area contributed by atoms with E-state index < -0.39 is 5.60 Å². The lowest BCUT2D eigenvalue weighted by molar-refractivity contribution is -0.143. The van der Waals surface area contributed by atoms with Crippen molar-refractivity contribution in [3.63, 3.8) is 0 Å². The van der Waals surface area contributed by atoms with E-state index in [1.165, 1.54) is 6.92 Å². The number of anilines is 1. The third-order valence-corrected chi connectivity index (χ3v) is 9.58. The van der Waals surface area contributed by atoms with E-state index in [1.807, 2.05) is 17.0 Å². The molecule has 2 amide bonds. The molecule has 2 aromatic rings. The summed E-state index contributed by atoms with van der Waals surface area (Å²) in [5, 5.41) is 17.2. The van der Waals surface area contributed by atoms with Crippen molar-refractivity contribution in [2.75, 3.05) is 46.3 Å². The SMILES string of the molecule is COc1cc2c(c(OC)c1OC)-c1ccc(NCCCC(=O)N3CCC4(O)CCCCC4C3)c(=O)cc1[C@H](NC(C)=O)CC2. The molecule has 0 bridgehead atoms. The Bertz CT molecular complexity index is 1460. The van der Waals surface area contributed by atoms with Crippen molar-refractivity contribution in [3.05, 3.63) is 45.6 Å². The van der Waals surface area contributed by atoms with Crippen molar-refractivity contribution >= 4 is 17.5 Å². The van der Waals surface area contributed by atoms with Crippen LogP contribution in [0.4, 0.5) is 5.69 Å². The number of likely N-dealkylation sites (tertiary alicyclic amines) is 1. The molecule has 2 aliphatic carbocycles. The van der Waals surface area contributed by atoms with Crippen molar-refractivity contribution < 1.29 is 28.9 Å². The van der Waals surface area contributed by atoms with E-state index in [2.05, 4.69) is 10.6 Å². The number of fused-ring (bicyclic) bond motifs is 4. The summed E-state index contributed by atoms with van der Waals surface area (Å²) in [5.74, 6) is 1.58. The van der Waals surface area contributed by atoms with Gasteiger partial charge in [-0.15, -0.1) is 0 Å². The first-order valence-corrected chi connectivity index (χ1v) is 15.7. The van der Waals surface area contributed by atoms with Crippen LogP contribution in [0.1, 0.15) is 75.5 Å². The third kappa shape index (κ3) is 6.36. The van der Waals surface area contributed by atoms with Gasteiger partial charge in [0.15, 0.2) is 11.5 Å². The second-order valence-electron chi connectivity index (χ2n) is 12.3. The second kappa shape index (κ2) is 13.5. The molecule has 0 radical (unpaired) electrons. The molecule has 1 saturated carbocycles. The number of hydrogen-bond donors (Lipinski definition) is 3. The molecule has 2 fully saturated rings. The quantitative estimate of drug-likeness (QED) is 0.362. The van der Waals surface area contributed by atoms with Crippen molar-refractivity contribution in [3.8, 4) is 28.4 Å². The van der Waals surface area contributed by atoms with Gasteiger partial charge in [0.05, 0.1) is 38.7 Å². The number of benzene rings is 1. The van der Waals surface area contributed by atoms with E-state index in [-0.39, 0.29) is 29.2 Å². The summed E-state index contributed by atoms with van der Waals surface area (Å²) in [6.07, 6.45) is 6.79. The number of methoxy groups -OCH3 is 3. The number of carbonyl (C=O) groups is 2. The molecule has 2 unspecified atom stereocenters. The highest BCUT2D eigenvalue weighted by atomic mass is 16.5. The van der Waals surface area contributed by atoms with Crippen LogP contribution in [0.5, 0.6) is 17.2 Å². The number of nitrogens with zero attached hydrogens (tertiary/aromatic N) is 1. The van der Waals surface area contributed by atoms with Crippen LogP contribution in [-0.2, 0) is 16.0 Å². The number of rotatable bonds is 9. The highest BCUT2D eigenvalue weighted by molar-refractivity contribution is 5.84. The average molecular weight is 608 g/mol. The molecule has 1 saturated heterocycles. The predicted molar refractivity (Wildman–Crippen MR) is 169 cm³/mol. The van der Waals surface area contributed by atoms with E-state index in [1.54, 1.807) is 33.5 Å². The number of nitrogens with one attached hydrogen (secondary N) is 2. The average Bonchev–Trinajstić information content (AvgIpc) is 3.25. The number of piperidine rings is 1. The third-order valence-electron chi connectivity index (χ3n) is 9.58. The maximum atomic E-state index is 13.5. The summed E-state index contributed by atoms with van der Waals surface area (Å²) in [4.78, 5) is 40.6. The van der Waals surface area contributed by atoms with Crippen LogP contribution >= 0.6 is 0 Å².